The fourth-order valence-corrected chi connectivity index (χ4v) is 4.10. The van der Waals surface area contributed by atoms with Crippen LogP contribution in [0.3, 0.4) is 0 Å². The fourth-order valence-electron chi connectivity index (χ4n) is 2.45. The molecule has 0 spiro atoms. The van der Waals surface area contributed by atoms with Gasteiger partial charge in [0.15, 0.2) is 0 Å². The Hall–Kier alpha value is -1.78. The molecular weight excluding hydrogens is 450 g/mol. The van der Waals surface area contributed by atoms with E-state index >= 15 is 0 Å². The Bertz CT molecular complexity index is 1000. The predicted octanol–water partition coefficient (Wildman–Crippen LogP) is 2.22. The molecule has 0 unspecified atom stereocenters. The van der Waals surface area contributed by atoms with Crippen molar-refractivity contribution in [1.29, 1.82) is 0 Å². The summed E-state index contributed by atoms with van der Waals surface area (Å²) < 4.78 is 61.5. The quantitative estimate of drug-likeness (QED) is 0.309. The van der Waals surface area contributed by atoms with Crippen molar-refractivity contribution in [2.45, 2.75) is 23.6 Å². The van der Waals surface area contributed by atoms with E-state index in [0.29, 0.717) is 6.54 Å². The van der Waals surface area contributed by atoms with Gasteiger partial charge in [0.1, 0.15) is 15.8 Å². The number of likely N-dealkylation sites (N-methyl/N-ethyl adjacent to an activating group) is 1. The monoisotopic (exact) mass is 469 g/mol. The maximum atomic E-state index is 11.8. The van der Waals surface area contributed by atoms with Crippen LogP contribution < -0.4 is 10.2 Å². The summed E-state index contributed by atoms with van der Waals surface area (Å²) in [6, 6.07) is 1.89. The maximum Gasteiger partial charge on any atom is 0.296 e. The highest BCUT2D eigenvalue weighted by atomic mass is 35.5. The van der Waals surface area contributed by atoms with E-state index in [1.165, 1.54) is 6.92 Å². The number of halogens is 1. The average Bonchev–Trinajstić information content (AvgIpc) is 2.56. The lowest BCUT2D eigenvalue weighted by Gasteiger charge is -2.23. The number of benzene rings is 1. The van der Waals surface area contributed by atoms with Crippen LogP contribution in [0.5, 0.6) is 0 Å². The van der Waals surface area contributed by atoms with Crippen LogP contribution in [0.4, 0.5) is 17.6 Å². The first-order valence-corrected chi connectivity index (χ1v) is 11.4. The third kappa shape index (κ3) is 5.86. The molecule has 29 heavy (non-hydrogen) atoms. The zero-order valence-electron chi connectivity index (χ0n) is 15.3. The lowest BCUT2D eigenvalue weighted by molar-refractivity contribution is 0.301. The standard InChI is InChI=1S/C14H20ClN5O7S2/c1-3-20(4-5-21)14-18-12(15)17-13(19-14)16-9-6-8(2)10(28(22,23)24)7-11(9)29(25,26)27/h6-7,21-24H,3-5H2,1-2H3,(H,25,26,27)(H,16,17,18,19). The Kier molecular flexibility index (Phi) is 7.23. The largest absolute Gasteiger partial charge is 0.395 e. The zero-order valence-corrected chi connectivity index (χ0v) is 17.7. The van der Waals surface area contributed by atoms with Crippen molar-refractivity contribution in [1.82, 2.24) is 15.0 Å². The van der Waals surface area contributed by atoms with E-state index in [1.807, 2.05) is 0 Å². The number of hydrogen-bond donors (Lipinski definition) is 6. The minimum atomic E-state index is -4.83. The van der Waals surface area contributed by atoms with Crippen LogP contribution in [-0.4, -0.2) is 66.4 Å². The number of nitrogens with one attached hydrogen (secondary N) is 1. The zero-order chi connectivity index (χ0) is 22.0. The predicted molar refractivity (Wildman–Crippen MR) is 108 cm³/mol. The van der Waals surface area contributed by atoms with Crippen LogP contribution in [0.2, 0.25) is 5.28 Å². The van der Waals surface area contributed by atoms with Crippen molar-refractivity contribution in [2.24, 2.45) is 0 Å². The van der Waals surface area contributed by atoms with E-state index in [1.54, 1.807) is 11.8 Å². The molecular formula is C14H20ClN5O7S2. The SMILES string of the molecule is CCN(CCO)c1nc(Cl)nc(Nc2cc(C)c(S(O)(O)O)cc2S(=O)(=O)O)n1. The molecule has 1 aromatic carbocycles. The molecule has 0 radical (unpaired) electrons. The maximum absolute atomic E-state index is 11.8. The summed E-state index contributed by atoms with van der Waals surface area (Å²) in [6.45, 7) is 3.69. The summed E-state index contributed by atoms with van der Waals surface area (Å²) in [5.41, 5.74) is -0.0749. The lowest BCUT2D eigenvalue weighted by atomic mass is 10.2. The van der Waals surface area contributed by atoms with Gasteiger partial charge >= 0.3 is 0 Å². The van der Waals surface area contributed by atoms with Gasteiger partial charge in [-0.15, -0.1) is 0 Å². The first-order chi connectivity index (χ1) is 13.4. The molecule has 12 nitrogen and oxygen atoms in total. The van der Waals surface area contributed by atoms with Crippen LogP contribution in [0.15, 0.2) is 21.9 Å². The van der Waals surface area contributed by atoms with E-state index in [0.717, 1.165) is 12.1 Å². The molecule has 15 heteroatoms. The van der Waals surface area contributed by atoms with Gasteiger partial charge in [-0.1, -0.05) is 0 Å². The highest BCUT2D eigenvalue weighted by Crippen LogP contribution is 2.47. The number of nitrogens with zero attached hydrogens (tertiary/aromatic N) is 4. The first-order valence-electron chi connectivity index (χ1n) is 8.04. The van der Waals surface area contributed by atoms with Gasteiger partial charge in [-0.3, -0.25) is 4.55 Å². The Labute approximate surface area is 173 Å². The second-order valence-electron chi connectivity index (χ2n) is 5.76. The van der Waals surface area contributed by atoms with Gasteiger partial charge in [0.2, 0.25) is 17.2 Å². The van der Waals surface area contributed by atoms with Gasteiger partial charge in [0, 0.05) is 13.1 Å². The van der Waals surface area contributed by atoms with Crippen LogP contribution in [0.1, 0.15) is 12.5 Å². The van der Waals surface area contributed by atoms with E-state index < -0.39 is 30.8 Å². The van der Waals surface area contributed by atoms with Gasteiger partial charge in [0.25, 0.3) is 10.1 Å². The molecule has 162 valence electrons. The smallest absolute Gasteiger partial charge is 0.296 e. The molecule has 0 fully saturated rings. The van der Waals surface area contributed by atoms with Gasteiger partial charge in [0.05, 0.1) is 17.2 Å². The molecule has 6 N–H and O–H groups in total. The number of aliphatic hydroxyl groups is 1. The molecule has 0 aliphatic rings. The van der Waals surface area contributed by atoms with Crippen molar-refractivity contribution in [3.8, 4) is 0 Å². The third-order valence-electron chi connectivity index (χ3n) is 3.73. The Morgan fingerprint density at radius 2 is 1.76 bits per heavy atom. The normalized spacial score (nSPS) is 12.7. The number of aryl methyl sites for hydroxylation is 1. The van der Waals surface area contributed by atoms with Crippen molar-refractivity contribution in [2.75, 3.05) is 29.9 Å². The number of hydrogen-bond acceptors (Lipinski definition) is 11. The second kappa shape index (κ2) is 8.93. The molecule has 0 saturated heterocycles. The molecule has 0 amide bonds. The molecule has 1 heterocycles. The summed E-state index contributed by atoms with van der Waals surface area (Å²) in [7, 11) is -9.07. The second-order valence-corrected chi connectivity index (χ2v) is 8.97. The fraction of sp³-hybridized carbons (Fsp3) is 0.357. The Balaban J connectivity index is 2.57. The van der Waals surface area contributed by atoms with Gasteiger partial charge in [-0.05, 0) is 43.1 Å². The third-order valence-corrected chi connectivity index (χ3v) is 5.82. The Morgan fingerprint density at radius 3 is 2.28 bits per heavy atom. The summed E-state index contributed by atoms with van der Waals surface area (Å²) in [4.78, 5) is 12.3. The van der Waals surface area contributed by atoms with Crippen molar-refractivity contribution < 1.29 is 31.7 Å². The molecule has 0 aliphatic carbocycles. The van der Waals surface area contributed by atoms with Gasteiger partial charge in [-0.2, -0.15) is 23.4 Å². The molecule has 0 atom stereocenters. The molecule has 0 saturated carbocycles. The average molecular weight is 470 g/mol. The summed E-state index contributed by atoms with van der Waals surface area (Å²) >= 11 is 5.91. The number of rotatable bonds is 8. The van der Waals surface area contributed by atoms with E-state index in [4.69, 9.17) is 16.7 Å². The Morgan fingerprint density at radius 1 is 1.10 bits per heavy atom. The topological polar surface area (TPSA) is 189 Å². The first kappa shape index (κ1) is 23.5. The van der Waals surface area contributed by atoms with E-state index in [2.05, 4.69) is 20.3 Å². The summed E-state index contributed by atoms with van der Waals surface area (Å²) in [5, 5.41) is 11.5. The minimum absolute atomic E-state index is 0.121. The number of anilines is 3. The van der Waals surface area contributed by atoms with Gasteiger partial charge in [-0.25, -0.2) is 0 Å². The van der Waals surface area contributed by atoms with Crippen LogP contribution in [0.25, 0.3) is 0 Å². The van der Waals surface area contributed by atoms with Gasteiger partial charge < -0.3 is 29.0 Å². The number of aliphatic hydroxyl groups excluding tert-OH is 1. The van der Waals surface area contributed by atoms with Crippen LogP contribution in [-0.2, 0) is 10.1 Å². The minimum Gasteiger partial charge on any atom is -0.395 e. The van der Waals surface area contributed by atoms with Crippen molar-refractivity contribution >= 4 is 50.2 Å². The van der Waals surface area contributed by atoms with Crippen molar-refractivity contribution in [3.63, 3.8) is 0 Å². The molecule has 0 aliphatic heterocycles. The highest BCUT2D eigenvalue weighted by molar-refractivity contribution is 8.19. The van der Waals surface area contributed by atoms with Crippen LogP contribution in [0, 0.1) is 6.92 Å². The molecule has 2 aromatic rings. The molecule has 0 bridgehead atoms. The molecule has 2 rings (SSSR count). The highest BCUT2D eigenvalue weighted by Gasteiger charge is 2.26. The van der Waals surface area contributed by atoms with Crippen molar-refractivity contribution in [3.05, 3.63) is 23.0 Å². The van der Waals surface area contributed by atoms with Crippen LogP contribution >= 0.6 is 22.5 Å². The van der Waals surface area contributed by atoms with E-state index in [9.17, 15) is 26.6 Å². The molecule has 1 aromatic heterocycles. The lowest BCUT2D eigenvalue weighted by Crippen LogP contribution is -2.28. The number of aromatic nitrogens is 3. The summed E-state index contributed by atoms with van der Waals surface area (Å²) in [6.07, 6.45) is 0. The van der Waals surface area contributed by atoms with E-state index in [-0.39, 0.29) is 41.6 Å². The summed E-state index contributed by atoms with van der Waals surface area (Å²) in [5.74, 6) is -0.0422.